The monoisotopic (exact) mass is 329 g/mol. The van der Waals surface area contributed by atoms with Gasteiger partial charge in [-0.1, -0.05) is 0 Å². The fraction of sp³-hybridized carbons (Fsp3) is 0.438. The van der Waals surface area contributed by atoms with E-state index < -0.39 is 0 Å². The summed E-state index contributed by atoms with van der Waals surface area (Å²) in [6, 6.07) is 4.15. The molecule has 0 bridgehead atoms. The van der Waals surface area contributed by atoms with Crippen molar-refractivity contribution < 1.29 is 4.79 Å². The van der Waals surface area contributed by atoms with Gasteiger partial charge < -0.3 is 10.6 Å². The minimum Gasteiger partial charge on any atom is -0.348 e. The molecule has 0 radical (unpaired) electrons. The third-order valence-electron chi connectivity index (χ3n) is 4.06. The van der Waals surface area contributed by atoms with Crippen LogP contribution < -0.4 is 10.6 Å². The molecule has 6 nitrogen and oxygen atoms in total. The maximum absolute atomic E-state index is 11.8. The van der Waals surface area contributed by atoms with Crippen LogP contribution in [0.4, 0.5) is 0 Å². The van der Waals surface area contributed by atoms with Crippen molar-refractivity contribution in [3.05, 3.63) is 39.8 Å². The number of aromatic nitrogens is 2. The van der Waals surface area contributed by atoms with Crippen molar-refractivity contribution in [3.8, 4) is 6.07 Å². The fourth-order valence-electron chi connectivity index (χ4n) is 2.81. The largest absolute Gasteiger partial charge is 0.348 e. The van der Waals surface area contributed by atoms with Crippen molar-refractivity contribution in [1.82, 2.24) is 20.4 Å². The summed E-state index contributed by atoms with van der Waals surface area (Å²) in [4.78, 5) is 12.9. The number of nitrogens with one attached hydrogen (secondary N) is 2. The highest BCUT2D eigenvalue weighted by molar-refractivity contribution is 7.10. The summed E-state index contributed by atoms with van der Waals surface area (Å²) < 4.78 is 1.87. The minimum atomic E-state index is -0.0630. The summed E-state index contributed by atoms with van der Waals surface area (Å²) in [6.45, 7) is 3.55. The molecular weight excluding hydrogens is 310 g/mol. The van der Waals surface area contributed by atoms with Crippen LogP contribution in [0.3, 0.4) is 0 Å². The van der Waals surface area contributed by atoms with E-state index in [2.05, 4.69) is 21.8 Å². The quantitative estimate of drug-likeness (QED) is 0.878. The number of aryl methyl sites for hydroxylation is 1. The number of amides is 1. The van der Waals surface area contributed by atoms with E-state index in [1.54, 1.807) is 11.3 Å². The average molecular weight is 329 g/mol. The lowest BCUT2D eigenvalue weighted by Crippen LogP contribution is -2.48. The second kappa shape index (κ2) is 6.94. The first-order valence-corrected chi connectivity index (χ1v) is 8.60. The molecular formula is C16H19N5OS. The van der Waals surface area contributed by atoms with Crippen LogP contribution in [-0.2, 0) is 17.9 Å². The first-order valence-electron chi connectivity index (χ1n) is 7.72. The van der Waals surface area contributed by atoms with Gasteiger partial charge in [-0.3, -0.25) is 9.48 Å². The van der Waals surface area contributed by atoms with Gasteiger partial charge in [0, 0.05) is 47.6 Å². The summed E-state index contributed by atoms with van der Waals surface area (Å²) in [5.41, 5.74) is 1.73. The van der Waals surface area contributed by atoms with E-state index >= 15 is 0 Å². The lowest BCUT2D eigenvalue weighted by Gasteiger charge is -2.32. The second-order valence-corrected chi connectivity index (χ2v) is 6.61. The van der Waals surface area contributed by atoms with E-state index in [0.717, 1.165) is 23.4 Å². The first-order chi connectivity index (χ1) is 11.2. The van der Waals surface area contributed by atoms with E-state index in [1.165, 1.54) is 0 Å². The summed E-state index contributed by atoms with van der Waals surface area (Å²) in [5.74, 6) is 0.0835. The number of nitriles is 1. The Labute approximate surface area is 139 Å². The molecule has 2 aromatic heterocycles. The first kappa shape index (κ1) is 15.7. The highest BCUT2D eigenvalue weighted by Crippen LogP contribution is 2.25. The molecule has 0 saturated carbocycles. The standard InChI is InChI=1S/C16H19N5OS/c1-2-21-9-12(7-19-21)16-14(3-4-15(22)20-16)18-8-13-5-11(6-17)10-23-13/h5,7,9-10,14,16,18H,2-4,8H2,1H3,(H,20,22)/t14-,16+/m1/s1. The molecule has 1 aliphatic rings. The molecule has 0 spiro atoms. The zero-order chi connectivity index (χ0) is 16.2. The molecule has 3 heterocycles. The van der Waals surface area contributed by atoms with E-state index in [4.69, 9.17) is 5.26 Å². The van der Waals surface area contributed by atoms with E-state index in [1.807, 2.05) is 35.4 Å². The lowest BCUT2D eigenvalue weighted by molar-refractivity contribution is -0.123. The molecule has 1 fully saturated rings. The summed E-state index contributed by atoms with van der Waals surface area (Å²) in [7, 11) is 0. The summed E-state index contributed by atoms with van der Waals surface area (Å²) in [5, 5.41) is 21.7. The zero-order valence-corrected chi connectivity index (χ0v) is 13.8. The number of nitrogens with zero attached hydrogens (tertiary/aromatic N) is 3. The van der Waals surface area contributed by atoms with Gasteiger partial charge in [0.2, 0.25) is 5.91 Å². The Balaban J connectivity index is 1.70. The smallest absolute Gasteiger partial charge is 0.220 e. The molecule has 7 heteroatoms. The summed E-state index contributed by atoms with van der Waals surface area (Å²) >= 11 is 1.58. The van der Waals surface area contributed by atoms with Crippen LogP contribution in [0.5, 0.6) is 0 Å². The predicted molar refractivity (Wildman–Crippen MR) is 87.7 cm³/mol. The predicted octanol–water partition coefficient (Wildman–Crippen LogP) is 1.95. The molecule has 0 unspecified atom stereocenters. The number of thiophene rings is 1. The van der Waals surface area contributed by atoms with Gasteiger partial charge >= 0.3 is 0 Å². The van der Waals surface area contributed by atoms with Gasteiger partial charge in [0.1, 0.15) is 6.07 Å². The topological polar surface area (TPSA) is 82.7 Å². The van der Waals surface area contributed by atoms with Crippen molar-refractivity contribution in [3.63, 3.8) is 0 Å². The van der Waals surface area contributed by atoms with Crippen molar-refractivity contribution in [2.24, 2.45) is 0 Å². The minimum absolute atomic E-state index is 0.0630. The maximum atomic E-state index is 11.8. The Morgan fingerprint density at radius 2 is 2.48 bits per heavy atom. The molecule has 120 valence electrons. The van der Waals surface area contributed by atoms with Gasteiger partial charge in [-0.15, -0.1) is 11.3 Å². The Hall–Kier alpha value is -2.17. The molecule has 2 atom stereocenters. The number of hydrogen-bond donors (Lipinski definition) is 2. The van der Waals surface area contributed by atoms with Gasteiger partial charge in [0.05, 0.1) is 17.8 Å². The zero-order valence-electron chi connectivity index (χ0n) is 13.0. The third-order valence-corrected chi connectivity index (χ3v) is 5.00. The number of rotatable bonds is 5. The molecule has 23 heavy (non-hydrogen) atoms. The Morgan fingerprint density at radius 3 is 3.17 bits per heavy atom. The van der Waals surface area contributed by atoms with Crippen molar-refractivity contribution in [1.29, 1.82) is 5.26 Å². The number of piperidine rings is 1. The molecule has 1 aliphatic heterocycles. The molecule has 1 saturated heterocycles. The normalized spacial score (nSPS) is 21.0. The average Bonchev–Trinajstić information content (AvgIpc) is 3.22. The third kappa shape index (κ3) is 3.60. The molecule has 2 N–H and O–H groups in total. The van der Waals surface area contributed by atoms with Crippen LogP contribution in [0.15, 0.2) is 23.8 Å². The van der Waals surface area contributed by atoms with Gasteiger partial charge in [0.15, 0.2) is 0 Å². The van der Waals surface area contributed by atoms with Crippen LogP contribution in [0.2, 0.25) is 0 Å². The van der Waals surface area contributed by atoms with Crippen LogP contribution >= 0.6 is 11.3 Å². The highest BCUT2D eigenvalue weighted by Gasteiger charge is 2.30. The highest BCUT2D eigenvalue weighted by atomic mass is 32.1. The molecule has 1 amide bonds. The van der Waals surface area contributed by atoms with E-state index in [9.17, 15) is 4.79 Å². The van der Waals surface area contributed by atoms with Crippen LogP contribution in [0, 0.1) is 11.3 Å². The fourth-order valence-corrected chi connectivity index (χ4v) is 3.57. The lowest BCUT2D eigenvalue weighted by atomic mass is 9.93. The molecule has 2 aromatic rings. The Kier molecular flexibility index (Phi) is 4.74. The molecule has 0 aliphatic carbocycles. The maximum Gasteiger partial charge on any atom is 0.220 e. The van der Waals surface area contributed by atoms with Gasteiger partial charge in [-0.05, 0) is 19.4 Å². The number of hydrogen-bond acceptors (Lipinski definition) is 5. The van der Waals surface area contributed by atoms with Crippen molar-refractivity contribution >= 4 is 17.2 Å². The SMILES string of the molecule is CCn1cc([C@@H]2NC(=O)CC[C@H]2NCc2cc(C#N)cs2)cn1. The summed E-state index contributed by atoms with van der Waals surface area (Å²) in [6.07, 6.45) is 5.14. The van der Waals surface area contributed by atoms with Gasteiger partial charge in [0.25, 0.3) is 0 Å². The van der Waals surface area contributed by atoms with Crippen LogP contribution in [0.1, 0.15) is 41.8 Å². The van der Waals surface area contributed by atoms with Gasteiger partial charge in [-0.25, -0.2) is 0 Å². The van der Waals surface area contributed by atoms with Crippen molar-refractivity contribution in [2.75, 3.05) is 0 Å². The van der Waals surface area contributed by atoms with Crippen LogP contribution in [0.25, 0.3) is 0 Å². The number of carbonyl (C=O) groups excluding carboxylic acids is 1. The van der Waals surface area contributed by atoms with E-state index in [-0.39, 0.29) is 18.0 Å². The van der Waals surface area contributed by atoms with Crippen LogP contribution in [-0.4, -0.2) is 21.7 Å². The van der Waals surface area contributed by atoms with Crippen molar-refractivity contribution in [2.45, 2.75) is 44.9 Å². The molecule has 0 aromatic carbocycles. The molecule has 3 rings (SSSR count). The second-order valence-electron chi connectivity index (χ2n) is 5.61. The van der Waals surface area contributed by atoms with E-state index in [0.29, 0.717) is 18.5 Å². The number of carbonyl (C=O) groups is 1. The Morgan fingerprint density at radius 1 is 1.61 bits per heavy atom. The van der Waals surface area contributed by atoms with Gasteiger partial charge in [-0.2, -0.15) is 10.4 Å². The Bertz CT molecular complexity index is 729.